The monoisotopic (exact) mass is 432 g/mol. The lowest BCUT2D eigenvalue weighted by molar-refractivity contribution is 0.0382. The Morgan fingerprint density at radius 3 is 2.09 bits per heavy atom. The summed E-state index contributed by atoms with van der Waals surface area (Å²) in [7, 11) is 0. The van der Waals surface area contributed by atoms with Gasteiger partial charge in [0, 0.05) is 0 Å². The normalized spacial score (nSPS) is 11.9. The fourth-order valence-electron chi connectivity index (χ4n) is 3.93. The Kier molecular flexibility index (Phi) is 7.50. The first-order valence-electron chi connectivity index (χ1n) is 11.3. The van der Waals surface area contributed by atoms with Crippen LogP contribution in [-0.2, 0) is 11.2 Å². The van der Waals surface area contributed by atoms with Crippen molar-refractivity contribution < 1.29 is 9.53 Å². The van der Waals surface area contributed by atoms with Gasteiger partial charge in [-0.3, -0.25) is 0 Å². The van der Waals surface area contributed by atoms with E-state index in [2.05, 4.69) is 55.5 Å². The molecule has 33 heavy (non-hydrogen) atoms. The molecule has 0 aliphatic carbocycles. The number of hydrogen-bond acceptors (Lipinski definition) is 2. The number of benzene rings is 4. The summed E-state index contributed by atoms with van der Waals surface area (Å²) in [6.45, 7) is 2.14. The zero-order valence-corrected chi connectivity index (χ0v) is 18.9. The molecule has 0 heterocycles. The first-order chi connectivity index (χ1) is 16.2. The van der Waals surface area contributed by atoms with Crippen molar-refractivity contribution in [1.82, 2.24) is 0 Å². The van der Waals surface area contributed by atoms with E-state index in [1.54, 1.807) is 12.1 Å². The van der Waals surface area contributed by atoms with Gasteiger partial charge in [0.05, 0.1) is 5.56 Å². The molecule has 0 saturated heterocycles. The number of ether oxygens (including phenoxy) is 1. The Bertz CT molecular complexity index is 1210. The van der Waals surface area contributed by atoms with Crippen LogP contribution in [0.5, 0.6) is 0 Å². The number of rotatable bonds is 8. The smallest absolute Gasteiger partial charge is 0.338 e. The molecular formula is C31H28O2. The number of carbonyl (C=O) groups is 1. The number of esters is 1. The molecule has 0 bridgehead atoms. The molecule has 0 saturated carbocycles. The van der Waals surface area contributed by atoms with E-state index in [1.165, 1.54) is 22.3 Å². The number of carbonyl (C=O) groups excluding carboxylic acids is 1. The zero-order chi connectivity index (χ0) is 22.9. The molecule has 2 nitrogen and oxygen atoms in total. The van der Waals surface area contributed by atoms with Gasteiger partial charge in [-0.15, -0.1) is 0 Å². The van der Waals surface area contributed by atoms with Crippen LogP contribution in [0.1, 0.15) is 33.5 Å². The first-order valence-corrected chi connectivity index (χ1v) is 11.3. The average Bonchev–Trinajstić information content (AvgIpc) is 2.87. The van der Waals surface area contributed by atoms with Crippen molar-refractivity contribution in [1.29, 1.82) is 0 Å². The van der Waals surface area contributed by atoms with Gasteiger partial charge in [0.2, 0.25) is 0 Å². The molecule has 0 fully saturated rings. The number of aryl methyl sites for hydroxylation is 2. The van der Waals surface area contributed by atoms with Crippen molar-refractivity contribution in [2.75, 3.05) is 0 Å². The molecule has 0 unspecified atom stereocenters. The lowest BCUT2D eigenvalue weighted by Crippen LogP contribution is -2.17. The highest BCUT2D eigenvalue weighted by atomic mass is 16.5. The average molecular weight is 433 g/mol. The Balaban J connectivity index is 1.55. The number of hydrogen-bond donors (Lipinski definition) is 0. The van der Waals surface area contributed by atoms with Crippen LogP contribution < -0.4 is 0 Å². The Morgan fingerprint density at radius 1 is 0.758 bits per heavy atom. The largest absolute Gasteiger partial charge is 0.455 e. The highest BCUT2D eigenvalue weighted by molar-refractivity contribution is 5.89. The topological polar surface area (TPSA) is 26.3 Å². The minimum atomic E-state index is -0.331. The van der Waals surface area contributed by atoms with Gasteiger partial charge in [-0.25, -0.2) is 4.79 Å². The van der Waals surface area contributed by atoms with E-state index in [0.29, 0.717) is 12.0 Å². The van der Waals surface area contributed by atoms with Crippen LogP contribution in [0.4, 0.5) is 0 Å². The fourth-order valence-corrected chi connectivity index (χ4v) is 3.93. The molecule has 0 radical (unpaired) electrons. The van der Waals surface area contributed by atoms with Crippen LogP contribution in [0.3, 0.4) is 0 Å². The third-order valence-corrected chi connectivity index (χ3v) is 5.72. The Morgan fingerprint density at radius 2 is 1.36 bits per heavy atom. The quantitative estimate of drug-likeness (QED) is 0.269. The second-order valence-corrected chi connectivity index (χ2v) is 8.09. The van der Waals surface area contributed by atoms with E-state index < -0.39 is 0 Å². The van der Waals surface area contributed by atoms with Crippen molar-refractivity contribution in [2.24, 2.45) is 0 Å². The van der Waals surface area contributed by atoms with Crippen LogP contribution in [-0.4, -0.2) is 12.1 Å². The van der Waals surface area contributed by atoms with Crippen LogP contribution in [0.25, 0.3) is 17.2 Å². The van der Waals surface area contributed by atoms with Crippen LogP contribution in [0.15, 0.2) is 115 Å². The van der Waals surface area contributed by atoms with Crippen LogP contribution >= 0.6 is 0 Å². The lowest BCUT2D eigenvalue weighted by atomic mass is 9.93. The Hall–Kier alpha value is -3.91. The van der Waals surface area contributed by atoms with Crippen LogP contribution in [0.2, 0.25) is 0 Å². The maximum Gasteiger partial charge on any atom is 0.338 e. The molecule has 4 rings (SSSR count). The van der Waals surface area contributed by atoms with Crippen molar-refractivity contribution in [2.45, 2.75) is 25.9 Å². The summed E-state index contributed by atoms with van der Waals surface area (Å²) in [6.07, 6.45) is 5.19. The second-order valence-electron chi connectivity index (χ2n) is 8.09. The fraction of sp³-hybridized carbons (Fsp3) is 0.129. The summed E-state index contributed by atoms with van der Waals surface area (Å²) in [6, 6.07) is 36.2. The van der Waals surface area contributed by atoms with Crippen molar-refractivity contribution in [3.05, 3.63) is 138 Å². The van der Waals surface area contributed by atoms with Crippen molar-refractivity contribution in [3.63, 3.8) is 0 Å². The van der Waals surface area contributed by atoms with Gasteiger partial charge in [-0.1, -0.05) is 103 Å². The van der Waals surface area contributed by atoms with Gasteiger partial charge in [-0.2, -0.15) is 0 Å². The molecule has 0 aromatic heterocycles. The third kappa shape index (κ3) is 6.08. The summed E-state index contributed by atoms with van der Waals surface area (Å²) in [5, 5.41) is 0. The molecule has 164 valence electrons. The van der Waals surface area contributed by atoms with Gasteiger partial charge in [0.1, 0.15) is 6.10 Å². The molecule has 1 atom stereocenters. The molecule has 2 heteroatoms. The molecule has 4 aromatic rings. The minimum absolute atomic E-state index is 0.300. The van der Waals surface area contributed by atoms with E-state index in [9.17, 15) is 4.79 Å². The summed E-state index contributed by atoms with van der Waals surface area (Å²) in [5.41, 5.74) is 6.62. The first kappa shape index (κ1) is 22.3. The van der Waals surface area contributed by atoms with Crippen LogP contribution in [0, 0.1) is 6.92 Å². The van der Waals surface area contributed by atoms with Gasteiger partial charge in [-0.05, 0) is 65.8 Å². The second kappa shape index (κ2) is 11.1. The van der Waals surface area contributed by atoms with E-state index >= 15 is 0 Å². The molecule has 0 amide bonds. The standard InChI is InChI=1S/C31H28O2/c1-24-12-8-10-18-29(24)30-19-11-9-15-26(30)21-23-28(22-20-25-13-4-2-5-14-25)33-31(32)27-16-6-3-7-17-27/h2-20,22,28H,21,23H2,1H3/b22-20+/t28-/m0/s1. The molecule has 0 spiro atoms. The highest BCUT2D eigenvalue weighted by Gasteiger charge is 2.15. The van der Waals surface area contributed by atoms with Crippen molar-refractivity contribution >= 4 is 12.0 Å². The van der Waals surface area contributed by atoms with E-state index in [1.807, 2.05) is 60.7 Å². The Labute approximate surface area is 196 Å². The maximum atomic E-state index is 12.8. The molecule has 4 aromatic carbocycles. The predicted octanol–water partition coefficient (Wildman–Crippen LogP) is 7.53. The summed E-state index contributed by atoms with van der Waals surface area (Å²) >= 11 is 0. The van der Waals surface area contributed by atoms with E-state index in [-0.39, 0.29) is 12.1 Å². The SMILES string of the molecule is Cc1ccccc1-c1ccccc1CC[C@H](/C=C/c1ccccc1)OC(=O)c1ccccc1. The summed E-state index contributed by atoms with van der Waals surface area (Å²) < 4.78 is 5.92. The van der Waals surface area contributed by atoms with Crippen molar-refractivity contribution in [3.8, 4) is 11.1 Å². The summed E-state index contributed by atoms with van der Waals surface area (Å²) in [5.74, 6) is -0.300. The predicted molar refractivity (Wildman–Crippen MR) is 136 cm³/mol. The molecule has 0 aliphatic heterocycles. The molecule has 0 N–H and O–H groups in total. The van der Waals surface area contributed by atoms with Gasteiger partial charge in [0.15, 0.2) is 0 Å². The van der Waals surface area contributed by atoms with Gasteiger partial charge in [0.25, 0.3) is 0 Å². The van der Waals surface area contributed by atoms with Gasteiger partial charge >= 0.3 is 5.97 Å². The van der Waals surface area contributed by atoms with Gasteiger partial charge < -0.3 is 4.74 Å². The highest BCUT2D eigenvalue weighted by Crippen LogP contribution is 2.28. The zero-order valence-electron chi connectivity index (χ0n) is 18.9. The third-order valence-electron chi connectivity index (χ3n) is 5.72. The van der Waals surface area contributed by atoms with E-state index in [4.69, 9.17) is 4.74 Å². The lowest BCUT2D eigenvalue weighted by Gasteiger charge is -2.17. The molecular weight excluding hydrogens is 404 g/mol. The minimum Gasteiger partial charge on any atom is -0.455 e. The summed E-state index contributed by atoms with van der Waals surface area (Å²) in [4.78, 5) is 12.8. The van der Waals surface area contributed by atoms with E-state index in [0.717, 1.165) is 12.0 Å². The maximum absolute atomic E-state index is 12.8. The molecule has 0 aliphatic rings.